The molecule has 72 valence electrons. The van der Waals surface area contributed by atoms with E-state index in [0.29, 0.717) is 5.56 Å². The van der Waals surface area contributed by atoms with Crippen molar-refractivity contribution in [3.8, 4) is 0 Å². The average molecular weight is 184 g/mol. The molecule has 0 aromatic carbocycles. The van der Waals surface area contributed by atoms with Crippen molar-refractivity contribution in [1.29, 1.82) is 0 Å². The molecule has 1 N–H and O–H groups in total. The Morgan fingerprint density at radius 2 is 2.54 bits per heavy atom. The second-order valence-corrected chi connectivity index (χ2v) is 2.74. The first-order valence-electron chi connectivity index (χ1n) is 3.87. The van der Waals surface area contributed by atoms with Crippen LogP contribution in [0.15, 0.2) is 12.4 Å². The van der Waals surface area contributed by atoms with Gasteiger partial charge in [-0.15, -0.1) is 0 Å². The Morgan fingerprint density at radius 1 is 1.85 bits per heavy atom. The summed E-state index contributed by atoms with van der Waals surface area (Å²) in [6.07, 6.45) is 2.31. The summed E-state index contributed by atoms with van der Waals surface area (Å²) in [4.78, 5) is 10.8. The van der Waals surface area contributed by atoms with Crippen molar-refractivity contribution in [1.82, 2.24) is 9.78 Å². The SMILES string of the molecule is COC(=O)CC(O)c1cnn(C)c1. The Labute approximate surface area is 75.9 Å². The largest absolute Gasteiger partial charge is 0.469 e. The zero-order chi connectivity index (χ0) is 9.84. The third kappa shape index (κ3) is 2.55. The molecule has 0 saturated heterocycles. The minimum absolute atomic E-state index is 0.0395. The van der Waals surface area contributed by atoms with Crippen LogP contribution in [-0.4, -0.2) is 28.0 Å². The van der Waals surface area contributed by atoms with Crippen molar-refractivity contribution in [3.63, 3.8) is 0 Å². The van der Waals surface area contributed by atoms with E-state index in [1.54, 1.807) is 17.9 Å². The molecule has 0 aliphatic rings. The summed E-state index contributed by atoms with van der Waals surface area (Å²) in [6.45, 7) is 0. The van der Waals surface area contributed by atoms with E-state index >= 15 is 0 Å². The van der Waals surface area contributed by atoms with Crippen LogP contribution in [0.5, 0.6) is 0 Å². The molecule has 5 heteroatoms. The maximum atomic E-state index is 10.8. The van der Waals surface area contributed by atoms with Gasteiger partial charge in [0, 0.05) is 18.8 Å². The zero-order valence-corrected chi connectivity index (χ0v) is 7.60. The number of aliphatic hydroxyl groups excluding tert-OH is 1. The molecule has 1 aromatic heterocycles. The Kier molecular flexibility index (Phi) is 3.02. The third-order valence-corrected chi connectivity index (χ3v) is 1.70. The van der Waals surface area contributed by atoms with Gasteiger partial charge in [-0.3, -0.25) is 9.48 Å². The number of methoxy groups -OCH3 is 1. The van der Waals surface area contributed by atoms with Crippen LogP contribution in [0.2, 0.25) is 0 Å². The lowest BCUT2D eigenvalue weighted by molar-refractivity contribution is -0.142. The lowest BCUT2D eigenvalue weighted by atomic mass is 10.1. The van der Waals surface area contributed by atoms with Gasteiger partial charge in [0.1, 0.15) is 0 Å². The molecule has 0 aliphatic carbocycles. The highest BCUT2D eigenvalue weighted by Crippen LogP contribution is 2.15. The molecule has 0 fully saturated rings. The summed E-state index contributed by atoms with van der Waals surface area (Å²) in [5.74, 6) is -0.434. The molecule has 1 atom stereocenters. The van der Waals surface area contributed by atoms with Crippen LogP contribution in [0.3, 0.4) is 0 Å². The van der Waals surface area contributed by atoms with E-state index in [2.05, 4.69) is 9.84 Å². The fourth-order valence-corrected chi connectivity index (χ4v) is 0.971. The fourth-order valence-electron chi connectivity index (χ4n) is 0.971. The van der Waals surface area contributed by atoms with Crippen LogP contribution in [-0.2, 0) is 16.6 Å². The van der Waals surface area contributed by atoms with E-state index in [4.69, 9.17) is 0 Å². The molecular formula is C8H12N2O3. The maximum absolute atomic E-state index is 10.8. The first-order chi connectivity index (χ1) is 6.13. The number of aromatic nitrogens is 2. The predicted molar refractivity (Wildman–Crippen MR) is 44.8 cm³/mol. The van der Waals surface area contributed by atoms with Crippen molar-refractivity contribution in [2.24, 2.45) is 7.05 Å². The number of carbonyl (C=O) groups excluding carboxylic acids is 1. The molecule has 0 amide bonds. The lowest BCUT2D eigenvalue weighted by Crippen LogP contribution is -2.07. The Hall–Kier alpha value is -1.36. The highest BCUT2D eigenvalue weighted by molar-refractivity contribution is 5.69. The minimum Gasteiger partial charge on any atom is -0.469 e. The Balaban J connectivity index is 2.58. The van der Waals surface area contributed by atoms with Crippen molar-refractivity contribution < 1.29 is 14.6 Å². The van der Waals surface area contributed by atoms with Crippen molar-refractivity contribution >= 4 is 5.97 Å². The van der Waals surface area contributed by atoms with Gasteiger partial charge in [0.2, 0.25) is 0 Å². The molecule has 0 spiro atoms. The average Bonchev–Trinajstić information content (AvgIpc) is 2.51. The number of aliphatic hydroxyl groups is 1. The minimum atomic E-state index is -0.832. The molecular weight excluding hydrogens is 172 g/mol. The number of hydrogen-bond acceptors (Lipinski definition) is 4. The smallest absolute Gasteiger partial charge is 0.308 e. The molecule has 5 nitrogen and oxygen atoms in total. The van der Waals surface area contributed by atoms with Gasteiger partial charge in [-0.2, -0.15) is 5.10 Å². The monoisotopic (exact) mass is 184 g/mol. The van der Waals surface area contributed by atoms with Gasteiger partial charge < -0.3 is 9.84 Å². The van der Waals surface area contributed by atoms with Crippen LogP contribution < -0.4 is 0 Å². The first-order valence-corrected chi connectivity index (χ1v) is 3.87. The molecule has 13 heavy (non-hydrogen) atoms. The molecule has 0 saturated carbocycles. The van der Waals surface area contributed by atoms with E-state index in [0.717, 1.165) is 0 Å². The van der Waals surface area contributed by atoms with Gasteiger partial charge >= 0.3 is 5.97 Å². The van der Waals surface area contributed by atoms with Gasteiger partial charge in [0.25, 0.3) is 0 Å². The fraction of sp³-hybridized carbons (Fsp3) is 0.500. The predicted octanol–water partition coefficient (Wildman–Crippen LogP) is 0.0166. The number of nitrogens with zero attached hydrogens (tertiary/aromatic N) is 2. The molecule has 1 unspecified atom stereocenters. The molecule has 0 aliphatic heterocycles. The van der Waals surface area contributed by atoms with Gasteiger partial charge in [-0.25, -0.2) is 0 Å². The van der Waals surface area contributed by atoms with Crippen LogP contribution in [0.4, 0.5) is 0 Å². The van der Waals surface area contributed by atoms with Crippen molar-refractivity contribution in [2.45, 2.75) is 12.5 Å². The normalized spacial score (nSPS) is 12.5. The quantitative estimate of drug-likeness (QED) is 0.672. The standard InChI is InChI=1S/C8H12N2O3/c1-10-5-6(4-9-10)7(11)3-8(12)13-2/h4-5,7,11H,3H2,1-2H3. The van der Waals surface area contributed by atoms with Crippen LogP contribution >= 0.6 is 0 Å². The number of aryl methyl sites for hydroxylation is 1. The molecule has 0 bridgehead atoms. The summed E-state index contributed by atoms with van der Waals surface area (Å²) in [5, 5.41) is 13.4. The van der Waals surface area contributed by atoms with Gasteiger partial charge in [-0.05, 0) is 0 Å². The summed E-state index contributed by atoms with van der Waals surface area (Å²) < 4.78 is 5.99. The lowest BCUT2D eigenvalue weighted by Gasteiger charge is -2.05. The summed E-state index contributed by atoms with van der Waals surface area (Å²) >= 11 is 0. The second kappa shape index (κ2) is 4.04. The number of hydrogen-bond donors (Lipinski definition) is 1. The zero-order valence-electron chi connectivity index (χ0n) is 7.60. The molecule has 0 radical (unpaired) electrons. The summed E-state index contributed by atoms with van der Waals surface area (Å²) in [5.41, 5.74) is 0.618. The number of esters is 1. The molecule has 1 heterocycles. The summed E-state index contributed by atoms with van der Waals surface area (Å²) in [6, 6.07) is 0. The molecule has 1 aromatic rings. The van der Waals surface area contributed by atoms with E-state index in [1.165, 1.54) is 13.3 Å². The van der Waals surface area contributed by atoms with Gasteiger partial charge in [0.05, 0.1) is 25.8 Å². The highest BCUT2D eigenvalue weighted by Gasteiger charge is 2.14. The van der Waals surface area contributed by atoms with E-state index in [1.807, 2.05) is 0 Å². The van der Waals surface area contributed by atoms with Crippen molar-refractivity contribution in [2.75, 3.05) is 7.11 Å². The highest BCUT2D eigenvalue weighted by atomic mass is 16.5. The third-order valence-electron chi connectivity index (χ3n) is 1.70. The second-order valence-electron chi connectivity index (χ2n) is 2.74. The van der Waals surface area contributed by atoms with Crippen LogP contribution in [0.25, 0.3) is 0 Å². The van der Waals surface area contributed by atoms with E-state index in [-0.39, 0.29) is 6.42 Å². The van der Waals surface area contributed by atoms with Gasteiger partial charge in [-0.1, -0.05) is 0 Å². The van der Waals surface area contributed by atoms with E-state index < -0.39 is 12.1 Å². The van der Waals surface area contributed by atoms with E-state index in [9.17, 15) is 9.90 Å². The Morgan fingerprint density at radius 3 is 3.00 bits per heavy atom. The first kappa shape index (κ1) is 9.73. The molecule has 1 rings (SSSR count). The summed E-state index contributed by atoms with van der Waals surface area (Å²) in [7, 11) is 3.03. The van der Waals surface area contributed by atoms with Crippen molar-refractivity contribution in [3.05, 3.63) is 18.0 Å². The number of rotatable bonds is 3. The van der Waals surface area contributed by atoms with Crippen LogP contribution in [0.1, 0.15) is 18.1 Å². The van der Waals surface area contributed by atoms with Crippen LogP contribution in [0, 0.1) is 0 Å². The van der Waals surface area contributed by atoms with Gasteiger partial charge in [0.15, 0.2) is 0 Å². The Bertz CT molecular complexity index is 295. The topological polar surface area (TPSA) is 64.3 Å². The maximum Gasteiger partial charge on any atom is 0.308 e. The number of ether oxygens (including phenoxy) is 1. The number of carbonyl (C=O) groups is 1.